The van der Waals surface area contributed by atoms with Gasteiger partial charge in [-0.3, -0.25) is 0 Å². The monoisotopic (exact) mass is 308 g/mol. The maximum atomic E-state index is 11.8. The van der Waals surface area contributed by atoms with Crippen LogP contribution in [0, 0.1) is 0 Å². The molecule has 2 rings (SSSR count). The molecule has 0 radical (unpaired) electrons. The van der Waals surface area contributed by atoms with Crippen molar-refractivity contribution in [3.63, 3.8) is 0 Å². The number of esters is 2. The van der Waals surface area contributed by atoms with Crippen LogP contribution < -0.4 is 14.8 Å². The summed E-state index contributed by atoms with van der Waals surface area (Å²) in [6.07, 6.45) is 2.66. The van der Waals surface area contributed by atoms with Gasteiger partial charge in [-0.05, 0) is 0 Å². The molecule has 22 heavy (non-hydrogen) atoms. The Labute approximate surface area is 127 Å². The van der Waals surface area contributed by atoms with Crippen molar-refractivity contribution in [1.29, 1.82) is 0 Å². The third-order valence-electron chi connectivity index (χ3n) is 2.73. The molecule has 1 fully saturated rings. The number of rotatable bonds is 4. The number of nitrogens with zero attached hydrogens (tertiary/aromatic N) is 1. The van der Waals surface area contributed by atoms with Crippen LogP contribution in [0.25, 0.3) is 0 Å². The molecule has 0 atom stereocenters. The van der Waals surface area contributed by atoms with Crippen LogP contribution in [0.4, 0.5) is 5.69 Å². The highest BCUT2D eigenvalue weighted by atomic mass is 16.7. The molecule has 1 saturated heterocycles. The van der Waals surface area contributed by atoms with E-state index in [9.17, 15) is 9.59 Å². The average molecular weight is 308 g/mol. The van der Waals surface area contributed by atoms with E-state index in [2.05, 4.69) is 10.3 Å². The Morgan fingerprint density at radius 1 is 1.18 bits per heavy atom. The molecule has 1 aliphatic rings. The van der Waals surface area contributed by atoms with Gasteiger partial charge in [0, 0.05) is 26.1 Å². The Bertz CT molecular complexity index is 616. The molecule has 0 unspecified atom stereocenters. The summed E-state index contributed by atoms with van der Waals surface area (Å²) in [5.41, 5.74) is 0.254. The van der Waals surface area contributed by atoms with E-state index in [4.69, 9.17) is 18.9 Å². The number of ether oxygens (including phenoxy) is 4. The highest BCUT2D eigenvalue weighted by Crippen LogP contribution is 2.27. The average Bonchev–Trinajstić information content (AvgIpc) is 2.44. The summed E-state index contributed by atoms with van der Waals surface area (Å²) in [5.74, 6) is -2.07. The van der Waals surface area contributed by atoms with Crippen molar-refractivity contribution in [2.24, 2.45) is 0 Å². The Hall–Kier alpha value is -2.77. The van der Waals surface area contributed by atoms with Crippen molar-refractivity contribution in [1.82, 2.24) is 4.98 Å². The fourth-order valence-corrected chi connectivity index (χ4v) is 1.74. The van der Waals surface area contributed by atoms with Crippen LogP contribution in [-0.2, 0) is 19.1 Å². The molecule has 0 aliphatic carbocycles. The van der Waals surface area contributed by atoms with E-state index in [-0.39, 0.29) is 5.57 Å². The minimum Gasteiger partial charge on any atom is -0.491 e. The van der Waals surface area contributed by atoms with Crippen molar-refractivity contribution in [2.75, 3.05) is 19.5 Å². The molecule has 0 amide bonds. The van der Waals surface area contributed by atoms with Gasteiger partial charge in [0.25, 0.3) is 11.7 Å². The zero-order valence-corrected chi connectivity index (χ0v) is 12.6. The summed E-state index contributed by atoms with van der Waals surface area (Å²) in [7, 11) is 2.94. The summed E-state index contributed by atoms with van der Waals surface area (Å²) in [6, 6.07) is 1.60. The Kier molecular flexibility index (Phi) is 4.20. The van der Waals surface area contributed by atoms with Crippen LogP contribution in [0.15, 0.2) is 24.0 Å². The van der Waals surface area contributed by atoms with Gasteiger partial charge >= 0.3 is 11.9 Å². The SMILES string of the molecule is COc1cc(NC=C2C(=O)OC(C)(C)OC2=O)cnc1OC. The minimum absolute atomic E-state index is 0.242. The van der Waals surface area contributed by atoms with Crippen molar-refractivity contribution in [3.8, 4) is 11.6 Å². The van der Waals surface area contributed by atoms with Crippen LogP contribution in [0.5, 0.6) is 11.6 Å². The predicted molar refractivity (Wildman–Crippen MR) is 75.3 cm³/mol. The minimum atomic E-state index is -1.27. The molecule has 1 aromatic heterocycles. The number of aromatic nitrogens is 1. The lowest BCUT2D eigenvalue weighted by Crippen LogP contribution is -2.42. The van der Waals surface area contributed by atoms with Crippen LogP contribution in [-0.4, -0.2) is 36.9 Å². The normalized spacial score (nSPS) is 16.5. The number of carbonyl (C=O) groups excluding carboxylic acids is 2. The molecule has 0 saturated carbocycles. The van der Waals surface area contributed by atoms with Crippen LogP contribution >= 0.6 is 0 Å². The number of anilines is 1. The Morgan fingerprint density at radius 3 is 2.36 bits per heavy atom. The van der Waals surface area contributed by atoms with E-state index >= 15 is 0 Å². The Balaban J connectivity index is 2.18. The van der Waals surface area contributed by atoms with Gasteiger partial charge < -0.3 is 24.3 Å². The van der Waals surface area contributed by atoms with Crippen molar-refractivity contribution < 1.29 is 28.5 Å². The lowest BCUT2D eigenvalue weighted by atomic mass is 10.2. The quantitative estimate of drug-likeness (QED) is 0.504. The summed E-state index contributed by atoms with van der Waals surface area (Å²) >= 11 is 0. The standard InChI is InChI=1S/C14H16N2O6/c1-14(2)21-12(17)9(13(18)22-14)7-15-8-5-10(19-3)11(20-4)16-6-8/h5-7,15H,1-4H3. The summed E-state index contributed by atoms with van der Waals surface area (Å²) in [6.45, 7) is 2.95. The van der Waals surface area contributed by atoms with Gasteiger partial charge in [-0.1, -0.05) is 0 Å². The van der Waals surface area contributed by atoms with E-state index in [1.807, 2.05) is 0 Å². The predicted octanol–water partition coefficient (Wildman–Crippen LogP) is 1.23. The molecule has 0 spiro atoms. The topological polar surface area (TPSA) is 96.0 Å². The van der Waals surface area contributed by atoms with Gasteiger partial charge in [0.15, 0.2) is 11.3 Å². The maximum absolute atomic E-state index is 11.8. The largest absolute Gasteiger partial charge is 0.491 e. The highest BCUT2D eigenvalue weighted by molar-refractivity contribution is 6.15. The highest BCUT2D eigenvalue weighted by Gasteiger charge is 2.38. The first-order valence-electron chi connectivity index (χ1n) is 6.37. The van der Waals surface area contributed by atoms with Crippen molar-refractivity contribution in [2.45, 2.75) is 19.6 Å². The molecule has 0 bridgehead atoms. The molecular formula is C14H16N2O6. The molecule has 1 aromatic rings. The molecule has 8 heteroatoms. The van der Waals surface area contributed by atoms with Gasteiger partial charge in [0.1, 0.15) is 0 Å². The summed E-state index contributed by atoms with van der Waals surface area (Å²) < 4.78 is 20.1. The lowest BCUT2D eigenvalue weighted by Gasteiger charge is -2.29. The second-order valence-corrected chi connectivity index (χ2v) is 4.82. The number of nitrogens with one attached hydrogen (secondary N) is 1. The summed E-state index contributed by atoms with van der Waals surface area (Å²) in [5, 5.41) is 2.77. The first kappa shape index (κ1) is 15.6. The fourth-order valence-electron chi connectivity index (χ4n) is 1.74. The maximum Gasteiger partial charge on any atom is 0.350 e. The zero-order chi connectivity index (χ0) is 16.3. The second-order valence-electron chi connectivity index (χ2n) is 4.82. The van der Waals surface area contributed by atoms with Gasteiger partial charge in [-0.15, -0.1) is 0 Å². The van der Waals surface area contributed by atoms with Crippen LogP contribution in [0.3, 0.4) is 0 Å². The third kappa shape index (κ3) is 3.27. The number of pyridine rings is 1. The molecule has 118 valence electrons. The number of hydrogen-bond acceptors (Lipinski definition) is 8. The van der Waals surface area contributed by atoms with Gasteiger partial charge in [0.2, 0.25) is 0 Å². The van der Waals surface area contributed by atoms with Crippen LogP contribution in [0.2, 0.25) is 0 Å². The fraction of sp³-hybridized carbons (Fsp3) is 0.357. The lowest BCUT2D eigenvalue weighted by molar-refractivity contribution is -0.222. The van der Waals surface area contributed by atoms with E-state index in [1.54, 1.807) is 6.07 Å². The molecule has 2 heterocycles. The van der Waals surface area contributed by atoms with E-state index in [1.165, 1.54) is 40.5 Å². The van der Waals surface area contributed by atoms with Gasteiger partial charge in [-0.25, -0.2) is 14.6 Å². The van der Waals surface area contributed by atoms with E-state index < -0.39 is 17.7 Å². The number of methoxy groups -OCH3 is 2. The number of carbonyl (C=O) groups is 2. The van der Waals surface area contributed by atoms with Gasteiger partial charge in [-0.2, -0.15) is 0 Å². The molecule has 8 nitrogen and oxygen atoms in total. The van der Waals surface area contributed by atoms with E-state index in [0.29, 0.717) is 17.3 Å². The second kappa shape index (κ2) is 5.92. The Morgan fingerprint density at radius 2 is 1.82 bits per heavy atom. The van der Waals surface area contributed by atoms with Crippen molar-refractivity contribution >= 4 is 17.6 Å². The smallest absolute Gasteiger partial charge is 0.350 e. The zero-order valence-electron chi connectivity index (χ0n) is 12.6. The molecule has 0 aromatic carbocycles. The van der Waals surface area contributed by atoms with Gasteiger partial charge in [0.05, 0.1) is 26.1 Å². The van der Waals surface area contributed by atoms with Crippen molar-refractivity contribution in [3.05, 3.63) is 24.0 Å². The van der Waals surface area contributed by atoms with Crippen LogP contribution in [0.1, 0.15) is 13.8 Å². The number of hydrogen-bond donors (Lipinski definition) is 1. The summed E-state index contributed by atoms with van der Waals surface area (Å²) in [4.78, 5) is 27.6. The number of cyclic esters (lactones) is 2. The molecular weight excluding hydrogens is 292 g/mol. The first-order chi connectivity index (χ1) is 10.4. The first-order valence-corrected chi connectivity index (χ1v) is 6.37. The molecule has 1 aliphatic heterocycles. The molecule has 1 N–H and O–H groups in total. The third-order valence-corrected chi connectivity index (χ3v) is 2.73. The van der Waals surface area contributed by atoms with E-state index in [0.717, 1.165) is 0 Å².